The monoisotopic (exact) mass is 597 g/mol. The second kappa shape index (κ2) is 13.4. The van der Waals surface area contributed by atoms with Crippen LogP contribution in [0.5, 0.6) is 5.75 Å². The molecule has 3 aromatic rings. The molecule has 0 aromatic heterocycles. The van der Waals surface area contributed by atoms with Gasteiger partial charge >= 0.3 is 17.9 Å². The lowest BCUT2D eigenvalue weighted by molar-refractivity contribution is -0.147. The quantitative estimate of drug-likeness (QED) is 0.169. The zero-order chi connectivity index (χ0) is 29.5. The van der Waals surface area contributed by atoms with E-state index in [1.807, 2.05) is 6.92 Å². The van der Waals surface area contributed by atoms with Crippen molar-refractivity contribution < 1.29 is 38.2 Å². The van der Waals surface area contributed by atoms with E-state index >= 15 is 0 Å². The Kier molecular flexibility index (Phi) is 9.75. The van der Waals surface area contributed by atoms with E-state index in [4.69, 9.17) is 37.4 Å². The molecule has 0 radical (unpaired) electrons. The normalized spacial score (nSPS) is 14.5. The number of nitrogens with zero attached hydrogens (tertiary/aromatic N) is 1. The Morgan fingerprint density at radius 2 is 1.56 bits per heavy atom. The highest BCUT2D eigenvalue weighted by atomic mass is 35.5. The third-order valence-electron chi connectivity index (χ3n) is 6.19. The van der Waals surface area contributed by atoms with Crippen molar-refractivity contribution in [1.29, 1.82) is 0 Å². The highest BCUT2D eigenvalue weighted by Gasteiger charge is 2.36. The Morgan fingerprint density at radius 3 is 2.22 bits per heavy atom. The van der Waals surface area contributed by atoms with Gasteiger partial charge in [0.05, 0.1) is 28.7 Å². The second-order valence-corrected chi connectivity index (χ2v) is 10.0. The number of halogens is 2. The van der Waals surface area contributed by atoms with Crippen molar-refractivity contribution in [3.05, 3.63) is 93.5 Å². The zero-order valence-electron chi connectivity index (χ0n) is 21.9. The van der Waals surface area contributed by atoms with Gasteiger partial charge in [0.1, 0.15) is 5.75 Å². The van der Waals surface area contributed by atoms with E-state index in [1.54, 1.807) is 24.3 Å². The van der Waals surface area contributed by atoms with E-state index in [0.717, 1.165) is 0 Å². The van der Waals surface area contributed by atoms with Crippen molar-refractivity contribution in [2.75, 3.05) is 24.7 Å². The molecule has 0 saturated carbocycles. The lowest BCUT2D eigenvalue weighted by Crippen LogP contribution is -2.27. The van der Waals surface area contributed by atoms with Crippen LogP contribution in [0.4, 0.5) is 5.69 Å². The third-order valence-corrected chi connectivity index (χ3v) is 6.74. The minimum absolute atomic E-state index is 0.0645. The van der Waals surface area contributed by atoms with Gasteiger partial charge in [-0.2, -0.15) is 0 Å². The zero-order valence-corrected chi connectivity index (χ0v) is 23.4. The van der Waals surface area contributed by atoms with Crippen LogP contribution < -0.4 is 9.64 Å². The van der Waals surface area contributed by atoms with Crippen LogP contribution in [0.2, 0.25) is 10.0 Å². The number of carbonyl (C=O) groups excluding carboxylic acids is 5. The molecule has 0 unspecified atom stereocenters. The first kappa shape index (κ1) is 29.8. The number of anilines is 1. The van der Waals surface area contributed by atoms with Crippen LogP contribution in [0.3, 0.4) is 0 Å². The first-order valence-electron chi connectivity index (χ1n) is 12.7. The van der Waals surface area contributed by atoms with E-state index in [1.165, 1.54) is 47.4 Å². The van der Waals surface area contributed by atoms with Crippen LogP contribution >= 0.6 is 23.2 Å². The Labute approximate surface area is 245 Å². The molecule has 4 rings (SSSR count). The molecule has 9 nitrogen and oxygen atoms in total. The van der Waals surface area contributed by atoms with E-state index in [9.17, 15) is 24.0 Å². The van der Waals surface area contributed by atoms with E-state index in [2.05, 4.69) is 0 Å². The fourth-order valence-corrected chi connectivity index (χ4v) is 4.52. The van der Waals surface area contributed by atoms with Gasteiger partial charge in [0.2, 0.25) is 5.91 Å². The first-order chi connectivity index (χ1) is 19.7. The molecule has 0 N–H and O–H groups in total. The van der Waals surface area contributed by atoms with Gasteiger partial charge < -0.3 is 19.1 Å². The lowest BCUT2D eigenvalue weighted by Gasteiger charge is -2.17. The minimum atomic E-state index is -0.744. The molecule has 3 aromatic carbocycles. The summed E-state index contributed by atoms with van der Waals surface area (Å²) in [4.78, 5) is 63.5. The summed E-state index contributed by atoms with van der Waals surface area (Å²) in [5.41, 5.74) is 1.27. The average Bonchev–Trinajstić information content (AvgIpc) is 3.36. The summed E-state index contributed by atoms with van der Waals surface area (Å²) in [6.45, 7) is 1.78. The molecule has 0 bridgehead atoms. The number of esters is 3. The highest BCUT2D eigenvalue weighted by molar-refractivity contribution is 6.36. The smallest absolute Gasteiger partial charge is 0.345 e. The van der Waals surface area contributed by atoms with Crippen LogP contribution in [0.1, 0.15) is 50.8 Å². The van der Waals surface area contributed by atoms with Gasteiger partial charge in [-0.3, -0.25) is 14.4 Å². The molecule has 1 aliphatic heterocycles. The second-order valence-electron chi connectivity index (χ2n) is 9.16. The number of rotatable bonds is 10. The van der Waals surface area contributed by atoms with Crippen molar-refractivity contribution in [2.24, 2.45) is 5.92 Å². The molecule has 0 aliphatic carbocycles. The van der Waals surface area contributed by atoms with Gasteiger partial charge in [-0.15, -0.1) is 0 Å². The first-order valence-corrected chi connectivity index (χ1v) is 13.5. The Hall–Kier alpha value is -4.21. The van der Waals surface area contributed by atoms with Crippen LogP contribution in [-0.2, 0) is 19.1 Å². The van der Waals surface area contributed by atoms with Crippen molar-refractivity contribution in [3.63, 3.8) is 0 Å². The maximum absolute atomic E-state index is 12.6. The van der Waals surface area contributed by atoms with Crippen molar-refractivity contribution in [2.45, 2.75) is 19.8 Å². The molecule has 1 atom stereocenters. The molecule has 0 spiro atoms. The molecule has 41 heavy (non-hydrogen) atoms. The summed E-state index contributed by atoms with van der Waals surface area (Å²) >= 11 is 11.9. The topological polar surface area (TPSA) is 116 Å². The average molecular weight is 598 g/mol. The molecule has 212 valence electrons. The summed E-state index contributed by atoms with van der Waals surface area (Å²) in [7, 11) is 0. The summed E-state index contributed by atoms with van der Waals surface area (Å²) in [5, 5.41) is 0.523. The molecular formula is C30H25Cl2NO8. The van der Waals surface area contributed by atoms with E-state index < -0.39 is 36.2 Å². The number of amides is 1. The van der Waals surface area contributed by atoms with Gasteiger partial charge in [-0.05, 0) is 73.2 Å². The van der Waals surface area contributed by atoms with Crippen LogP contribution in [0, 0.1) is 5.92 Å². The summed E-state index contributed by atoms with van der Waals surface area (Å²) in [6.07, 6.45) is 0.644. The van der Waals surface area contributed by atoms with Crippen LogP contribution in [0.15, 0.2) is 66.7 Å². The molecule has 1 saturated heterocycles. The summed E-state index contributed by atoms with van der Waals surface area (Å²) < 4.78 is 15.6. The van der Waals surface area contributed by atoms with Crippen molar-refractivity contribution in [3.8, 4) is 5.75 Å². The molecule has 1 fully saturated rings. The maximum Gasteiger partial charge on any atom is 0.345 e. The third kappa shape index (κ3) is 7.50. The van der Waals surface area contributed by atoms with E-state index in [-0.39, 0.29) is 40.8 Å². The number of ketones is 1. The Balaban J connectivity index is 1.27. The SMILES string of the molecule is CCCOC(=O)c1ccc(N2C[C@H](C(=O)OCC(=O)c3ccc(OC(=O)c4ccc(Cl)cc4Cl)cc3)CC2=O)cc1. The van der Waals surface area contributed by atoms with Gasteiger partial charge in [0, 0.05) is 29.2 Å². The van der Waals surface area contributed by atoms with Gasteiger partial charge in [0.25, 0.3) is 0 Å². The van der Waals surface area contributed by atoms with Gasteiger partial charge in [0.15, 0.2) is 12.4 Å². The van der Waals surface area contributed by atoms with Crippen LogP contribution in [-0.4, -0.2) is 49.4 Å². The largest absolute Gasteiger partial charge is 0.462 e. The molecule has 1 heterocycles. The lowest BCUT2D eigenvalue weighted by atomic mass is 10.1. The highest BCUT2D eigenvalue weighted by Crippen LogP contribution is 2.27. The number of Topliss-reactive ketones (excluding diaryl/α,β-unsaturated/α-hetero) is 1. The number of benzene rings is 3. The molecular weight excluding hydrogens is 573 g/mol. The summed E-state index contributed by atoms with van der Waals surface area (Å²) in [6, 6.07) is 16.5. The predicted molar refractivity (Wildman–Crippen MR) is 151 cm³/mol. The maximum atomic E-state index is 12.6. The number of carbonyl (C=O) groups is 5. The van der Waals surface area contributed by atoms with Crippen molar-refractivity contribution in [1.82, 2.24) is 0 Å². The number of hydrogen-bond donors (Lipinski definition) is 0. The van der Waals surface area contributed by atoms with E-state index in [0.29, 0.717) is 29.3 Å². The Bertz CT molecular complexity index is 1470. The Morgan fingerprint density at radius 1 is 0.878 bits per heavy atom. The molecule has 1 amide bonds. The predicted octanol–water partition coefficient (Wildman–Crippen LogP) is 5.56. The van der Waals surface area contributed by atoms with Gasteiger partial charge in [-0.1, -0.05) is 30.1 Å². The standard InChI is InChI=1S/C30H25Cl2NO8/c1-2-13-39-28(36)19-3-8-22(9-4-19)33-16-20(14-27(33)35)29(37)40-17-26(34)18-5-10-23(11-6-18)41-30(38)24-12-7-21(31)15-25(24)32/h3-12,15,20H,2,13-14,16-17H2,1H3/t20-/m1/s1. The minimum Gasteiger partial charge on any atom is -0.462 e. The fraction of sp³-hybridized carbons (Fsp3) is 0.233. The van der Waals surface area contributed by atoms with Crippen LogP contribution in [0.25, 0.3) is 0 Å². The molecule has 1 aliphatic rings. The fourth-order valence-electron chi connectivity index (χ4n) is 4.03. The molecule has 11 heteroatoms. The van der Waals surface area contributed by atoms with Gasteiger partial charge in [-0.25, -0.2) is 9.59 Å². The number of ether oxygens (including phenoxy) is 3. The summed E-state index contributed by atoms with van der Waals surface area (Å²) in [5.74, 6) is -3.11. The number of hydrogen-bond acceptors (Lipinski definition) is 8. The van der Waals surface area contributed by atoms with Crippen molar-refractivity contribution >= 4 is 58.5 Å².